The van der Waals surface area contributed by atoms with Crippen LogP contribution in [0.25, 0.3) is 0 Å². The van der Waals surface area contributed by atoms with Crippen molar-refractivity contribution in [3.63, 3.8) is 0 Å². The van der Waals surface area contributed by atoms with Crippen LogP contribution in [-0.2, 0) is 4.74 Å². The third kappa shape index (κ3) is 3.11. The van der Waals surface area contributed by atoms with E-state index in [2.05, 4.69) is 10.3 Å². The van der Waals surface area contributed by atoms with E-state index in [1.54, 1.807) is 19.4 Å². The first-order chi connectivity index (χ1) is 7.29. The summed E-state index contributed by atoms with van der Waals surface area (Å²) in [5.74, 6) is 0.560. The van der Waals surface area contributed by atoms with Crippen LogP contribution in [0.5, 0.6) is 0 Å². The van der Waals surface area contributed by atoms with Gasteiger partial charge in [-0.15, -0.1) is 0 Å². The molecule has 1 rings (SSSR count). The Morgan fingerprint density at radius 1 is 1.67 bits per heavy atom. The largest absolute Gasteiger partial charge is 0.395 e. The molecule has 1 aromatic heterocycles. The van der Waals surface area contributed by atoms with Gasteiger partial charge in [-0.25, -0.2) is 4.98 Å². The number of ether oxygens (including phenoxy) is 1. The molecule has 0 radical (unpaired) electrons. The molecule has 5 heteroatoms. The molecule has 0 atom stereocenters. The molecule has 3 N–H and O–H groups in total. The van der Waals surface area contributed by atoms with Gasteiger partial charge in [-0.1, -0.05) is 0 Å². The van der Waals surface area contributed by atoms with Crippen molar-refractivity contribution in [2.75, 3.05) is 31.3 Å². The molecule has 0 aliphatic heterocycles. The van der Waals surface area contributed by atoms with E-state index in [9.17, 15) is 0 Å². The zero-order valence-electron chi connectivity index (χ0n) is 8.66. The van der Waals surface area contributed by atoms with Crippen molar-refractivity contribution < 1.29 is 4.74 Å². The zero-order valence-corrected chi connectivity index (χ0v) is 8.66. The summed E-state index contributed by atoms with van der Waals surface area (Å²) in [6, 6.07) is 3.60. The molecule has 0 unspecified atom stereocenters. The van der Waals surface area contributed by atoms with Crippen LogP contribution in [-0.4, -0.2) is 25.2 Å². The first-order valence-corrected chi connectivity index (χ1v) is 4.67. The maximum Gasteiger partial charge on any atom is 0.150 e. The van der Waals surface area contributed by atoms with Crippen LogP contribution < -0.4 is 11.1 Å². The smallest absolute Gasteiger partial charge is 0.150 e. The number of rotatable bonds is 5. The molecule has 1 aromatic rings. The predicted molar refractivity (Wildman–Crippen MR) is 58.3 cm³/mol. The molecule has 0 spiro atoms. The van der Waals surface area contributed by atoms with Gasteiger partial charge in [-0.3, -0.25) is 0 Å². The normalized spacial score (nSPS) is 9.60. The van der Waals surface area contributed by atoms with Crippen LogP contribution in [0.3, 0.4) is 0 Å². The summed E-state index contributed by atoms with van der Waals surface area (Å²) in [4.78, 5) is 4.06. The van der Waals surface area contributed by atoms with Crippen molar-refractivity contribution in [3.8, 4) is 6.07 Å². The third-order valence-corrected chi connectivity index (χ3v) is 1.93. The van der Waals surface area contributed by atoms with Gasteiger partial charge in [0.25, 0.3) is 0 Å². The number of methoxy groups -OCH3 is 1. The van der Waals surface area contributed by atoms with Gasteiger partial charge >= 0.3 is 0 Å². The van der Waals surface area contributed by atoms with Crippen molar-refractivity contribution in [2.45, 2.75) is 6.42 Å². The quantitative estimate of drug-likeness (QED) is 0.702. The highest BCUT2D eigenvalue weighted by Gasteiger charge is 2.04. The second kappa shape index (κ2) is 5.83. The Hall–Kier alpha value is -1.80. The van der Waals surface area contributed by atoms with Crippen LogP contribution in [0.2, 0.25) is 0 Å². The minimum absolute atomic E-state index is 0.400. The standard InChI is InChI=1S/C10H14N4O/c1-15-6-2-4-13-10-9(12)8(7-11)3-5-14-10/h3,5H,2,4,6,12H2,1H3,(H,13,14). The van der Waals surface area contributed by atoms with Crippen LogP contribution in [0.4, 0.5) is 11.5 Å². The van der Waals surface area contributed by atoms with Crippen LogP contribution in [0, 0.1) is 11.3 Å². The van der Waals surface area contributed by atoms with Crippen molar-refractivity contribution in [1.82, 2.24) is 4.98 Å². The summed E-state index contributed by atoms with van der Waals surface area (Å²) in [6.07, 6.45) is 2.43. The van der Waals surface area contributed by atoms with Crippen molar-refractivity contribution in [3.05, 3.63) is 17.8 Å². The van der Waals surface area contributed by atoms with Crippen molar-refractivity contribution in [1.29, 1.82) is 5.26 Å². The topological polar surface area (TPSA) is 84.0 Å². The zero-order chi connectivity index (χ0) is 11.1. The predicted octanol–water partition coefficient (Wildman–Crippen LogP) is 0.984. The van der Waals surface area contributed by atoms with E-state index in [-0.39, 0.29) is 0 Å². The summed E-state index contributed by atoms with van der Waals surface area (Å²) in [6.45, 7) is 1.41. The highest BCUT2D eigenvalue weighted by molar-refractivity contribution is 5.68. The maximum atomic E-state index is 8.75. The lowest BCUT2D eigenvalue weighted by atomic mass is 10.2. The molecule has 0 aliphatic carbocycles. The number of nitrogens with zero attached hydrogens (tertiary/aromatic N) is 2. The summed E-state index contributed by atoms with van der Waals surface area (Å²) in [5, 5.41) is 11.8. The molecule has 0 saturated heterocycles. The molecule has 0 amide bonds. The van der Waals surface area contributed by atoms with Gasteiger partial charge in [0.2, 0.25) is 0 Å². The lowest BCUT2D eigenvalue weighted by molar-refractivity contribution is 0.198. The minimum Gasteiger partial charge on any atom is -0.395 e. The Bertz CT molecular complexity index is 359. The molecular weight excluding hydrogens is 192 g/mol. The number of anilines is 2. The Morgan fingerprint density at radius 3 is 3.13 bits per heavy atom. The number of nitriles is 1. The van der Waals surface area contributed by atoms with Gasteiger partial charge in [-0.2, -0.15) is 5.26 Å². The van der Waals surface area contributed by atoms with Gasteiger partial charge in [-0.05, 0) is 12.5 Å². The Balaban J connectivity index is 2.58. The molecule has 15 heavy (non-hydrogen) atoms. The van der Waals surface area contributed by atoms with Crippen molar-refractivity contribution >= 4 is 11.5 Å². The van der Waals surface area contributed by atoms with E-state index in [1.165, 1.54) is 0 Å². The number of aromatic nitrogens is 1. The molecule has 0 saturated carbocycles. The molecule has 0 aliphatic rings. The van der Waals surface area contributed by atoms with Gasteiger partial charge in [0.15, 0.2) is 5.82 Å². The van der Waals surface area contributed by atoms with Gasteiger partial charge in [0.05, 0.1) is 11.3 Å². The van der Waals surface area contributed by atoms with Crippen molar-refractivity contribution in [2.24, 2.45) is 0 Å². The maximum absolute atomic E-state index is 8.75. The van der Waals surface area contributed by atoms with Crippen LogP contribution in [0.1, 0.15) is 12.0 Å². The van der Waals surface area contributed by atoms with E-state index in [0.717, 1.165) is 13.0 Å². The van der Waals surface area contributed by atoms with Crippen LogP contribution >= 0.6 is 0 Å². The molecule has 0 aromatic carbocycles. The molecule has 0 bridgehead atoms. The van der Waals surface area contributed by atoms with Gasteiger partial charge < -0.3 is 15.8 Å². The molecule has 0 fully saturated rings. The summed E-state index contributed by atoms with van der Waals surface area (Å²) in [7, 11) is 1.66. The summed E-state index contributed by atoms with van der Waals surface area (Å²) >= 11 is 0. The number of nitrogens with one attached hydrogen (secondary N) is 1. The average molecular weight is 206 g/mol. The van der Waals surface area contributed by atoms with Crippen LogP contribution in [0.15, 0.2) is 12.3 Å². The molecule has 1 heterocycles. The number of hydrogen-bond acceptors (Lipinski definition) is 5. The second-order valence-corrected chi connectivity index (χ2v) is 3.01. The number of nitrogen functional groups attached to an aromatic ring is 1. The highest BCUT2D eigenvalue weighted by atomic mass is 16.5. The number of hydrogen-bond donors (Lipinski definition) is 2. The Labute approximate surface area is 88.9 Å². The fourth-order valence-corrected chi connectivity index (χ4v) is 1.13. The first kappa shape index (κ1) is 11.3. The Kier molecular flexibility index (Phi) is 4.38. The van der Waals surface area contributed by atoms with E-state index < -0.39 is 0 Å². The SMILES string of the molecule is COCCCNc1nccc(C#N)c1N. The van der Waals surface area contributed by atoms with Gasteiger partial charge in [0, 0.05) is 26.5 Å². The Morgan fingerprint density at radius 2 is 2.47 bits per heavy atom. The average Bonchev–Trinajstić information content (AvgIpc) is 2.26. The van der Waals surface area contributed by atoms with E-state index >= 15 is 0 Å². The summed E-state index contributed by atoms with van der Waals surface area (Å²) < 4.78 is 4.91. The molecular formula is C10H14N4O. The lowest BCUT2D eigenvalue weighted by Crippen LogP contribution is -2.08. The third-order valence-electron chi connectivity index (χ3n) is 1.93. The first-order valence-electron chi connectivity index (χ1n) is 4.67. The lowest BCUT2D eigenvalue weighted by Gasteiger charge is -2.08. The highest BCUT2D eigenvalue weighted by Crippen LogP contribution is 2.18. The van der Waals surface area contributed by atoms with E-state index in [4.69, 9.17) is 15.7 Å². The monoisotopic (exact) mass is 206 g/mol. The molecule has 80 valence electrons. The van der Waals surface area contributed by atoms with E-state index in [1.807, 2.05) is 6.07 Å². The van der Waals surface area contributed by atoms with E-state index in [0.29, 0.717) is 23.7 Å². The summed E-state index contributed by atoms with van der Waals surface area (Å²) in [5.41, 5.74) is 6.57. The fourth-order valence-electron chi connectivity index (χ4n) is 1.13. The number of pyridine rings is 1. The number of nitrogens with two attached hydrogens (primary N) is 1. The second-order valence-electron chi connectivity index (χ2n) is 3.01. The minimum atomic E-state index is 0.400. The van der Waals surface area contributed by atoms with Gasteiger partial charge in [0.1, 0.15) is 6.07 Å². The molecule has 5 nitrogen and oxygen atoms in total. The fraction of sp³-hybridized carbons (Fsp3) is 0.400.